The Balaban J connectivity index is 2.73. The fraction of sp³-hybridized carbons (Fsp3) is 1.00. The molecule has 0 aromatic carbocycles. The average Bonchev–Trinajstić information content (AvgIpc) is 2.13. The maximum atomic E-state index is 2.49. The summed E-state index contributed by atoms with van der Waals surface area (Å²) in [5, 5.41) is 0.514. The highest BCUT2D eigenvalue weighted by molar-refractivity contribution is 6.62. The average molecular weight is 222 g/mol. The predicted octanol–water partition coefficient (Wildman–Crippen LogP) is 5.37. The standard InChI is InChI=1S/C15H31B/c1-12(2)15(5,6)16-10-13(3)8-7-9-14(4)11-16/h12-14H,7-11H2,1-6H3/t13-,14-/m1/s1. The molecule has 0 saturated carbocycles. The molecule has 1 heterocycles. The second-order valence-corrected chi connectivity index (χ2v) is 7.29. The van der Waals surface area contributed by atoms with Gasteiger partial charge >= 0.3 is 0 Å². The maximum Gasteiger partial charge on any atom is 0.146 e. The van der Waals surface area contributed by atoms with E-state index in [0.29, 0.717) is 5.31 Å². The molecule has 0 spiro atoms. The van der Waals surface area contributed by atoms with Crippen LogP contribution in [0.3, 0.4) is 0 Å². The van der Waals surface area contributed by atoms with Crippen LogP contribution in [0.2, 0.25) is 18.0 Å². The molecule has 1 aliphatic heterocycles. The molecule has 1 saturated heterocycles. The van der Waals surface area contributed by atoms with Gasteiger partial charge in [0.1, 0.15) is 6.71 Å². The summed E-state index contributed by atoms with van der Waals surface area (Å²) in [6.07, 6.45) is 7.27. The minimum atomic E-state index is 0.514. The first-order valence-corrected chi connectivity index (χ1v) is 7.34. The normalized spacial score (nSPS) is 29.1. The van der Waals surface area contributed by atoms with Gasteiger partial charge in [-0.2, -0.15) is 0 Å². The Morgan fingerprint density at radius 1 is 1.00 bits per heavy atom. The van der Waals surface area contributed by atoms with Crippen LogP contribution in [0.5, 0.6) is 0 Å². The predicted molar refractivity (Wildman–Crippen MR) is 76.4 cm³/mol. The molecular formula is C15H31B. The molecule has 1 rings (SSSR count). The summed E-state index contributed by atoms with van der Waals surface area (Å²) >= 11 is 0. The van der Waals surface area contributed by atoms with Crippen molar-refractivity contribution < 1.29 is 0 Å². The molecule has 0 N–H and O–H groups in total. The summed E-state index contributed by atoms with van der Waals surface area (Å²) in [6.45, 7) is 15.6. The lowest BCUT2D eigenvalue weighted by atomic mass is 9.26. The maximum absolute atomic E-state index is 2.49. The number of hydrogen-bond donors (Lipinski definition) is 0. The van der Waals surface area contributed by atoms with Crippen LogP contribution in [0.15, 0.2) is 0 Å². The largest absolute Gasteiger partial charge is 0.146 e. The van der Waals surface area contributed by atoms with E-state index < -0.39 is 0 Å². The Hall–Kier alpha value is 0.0649. The van der Waals surface area contributed by atoms with Crippen LogP contribution in [-0.4, -0.2) is 6.71 Å². The van der Waals surface area contributed by atoms with Crippen molar-refractivity contribution in [3.63, 3.8) is 0 Å². The highest BCUT2D eigenvalue weighted by Crippen LogP contribution is 2.44. The summed E-state index contributed by atoms with van der Waals surface area (Å²) in [4.78, 5) is 0. The lowest BCUT2D eigenvalue weighted by Gasteiger charge is -2.39. The minimum absolute atomic E-state index is 0.514. The Kier molecular flexibility index (Phi) is 4.95. The van der Waals surface area contributed by atoms with Gasteiger partial charge in [0.05, 0.1) is 0 Å². The SMILES string of the molecule is CC(C)C(C)(C)B1C[C@H](C)CCC[C@@H](C)C1. The number of rotatable bonds is 2. The van der Waals surface area contributed by atoms with E-state index in [1.54, 1.807) is 0 Å². The molecule has 1 fully saturated rings. The smallest absolute Gasteiger partial charge is 0.0711 e. The van der Waals surface area contributed by atoms with Crippen molar-refractivity contribution in [3.05, 3.63) is 0 Å². The van der Waals surface area contributed by atoms with E-state index >= 15 is 0 Å². The second-order valence-electron chi connectivity index (χ2n) is 7.29. The molecule has 0 nitrogen and oxygen atoms in total. The third kappa shape index (κ3) is 3.53. The molecule has 94 valence electrons. The van der Waals surface area contributed by atoms with E-state index in [1.807, 2.05) is 0 Å². The monoisotopic (exact) mass is 222 g/mol. The fourth-order valence-electron chi connectivity index (χ4n) is 3.20. The molecule has 2 atom stereocenters. The highest BCUT2D eigenvalue weighted by atomic mass is 14.2. The first-order chi connectivity index (χ1) is 7.34. The van der Waals surface area contributed by atoms with E-state index in [2.05, 4.69) is 41.5 Å². The summed E-state index contributed by atoms with van der Waals surface area (Å²) in [7, 11) is 0. The second kappa shape index (κ2) is 5.60. The topological polar surface area (TPSA) is 0 Å². The van der Waals surface area contributed by atoms with Gasteiger partial charge in [-0.1, -0.05) is 90.6 Å². The highest BCUT2D eigenvalue weighted by Gasteiger charge is 2.37. The molecule has 0 amide bonds. The van der Waals surface area contributed by atoms with Gasteiger partial charge in [0.25, 0.3) is 0 Å². The zero-order valence-electron chi connectivity index (χ0n) is 12.3. The van der Waals surface area contributed by atoms with Gasteiger partial charge in [0.15, 0.2) is 0 Å². The first kappa shape index (κ1) is 14.1. The molecule has 0 aromatic rings. The summed E-state index contributed by atoms with van der Waals surface area (Å²) in [6, 6.07) is 0. The van der Waals surface area contributed by atoms with Crippen LogP contribution in [0.25, 0.3) is 0 Å². The van der Waals surface area contributed by atoms with Crippen LogP contribution >= 0.6 is 0 Å². The van der Waals surface area contributed by atoms with Gasteiger partial charge in [-0.25, -0.2) is 0 Å². The summed E-state index contributed by atoms with van der Waals surface area (Å²) in [5.74, 6) is 2.68. The molecule has 1 aliphatic rings. The molecule has 0 radical (unpaired) electrons. The molecule has 16 heavy (non-hydrogen) atoms. The summed E-state index contributed by atoms with van der Waals surface area (Å²) in [5.41, 5.74) is 0. The van der Waals surface area contributed by atoms with Crippen molar-refractivity contribution in [3.8, 4) is 0 Å². The van der Waals surface area contributed by atoms with E-state index in [9.17, 15) is 0 Å². The van der Waals surface area contributed by atoms with E-state index in [-0.39, 0.29) is 0 Å². The first-order valence-electron chi connectivity index (χ1n) is 7.34. The molecule has 0 bridgehead atoms. The quantitative estimate of drug-likeness (QED) is 0.550. The van der Waals surface area contributed by atoms with E-state index in [0.717, 1.165) is 24.5 Å². The zero-order valence-corrected chi connectivity index (χ0v) is 12.3. The molecule has 0 aromatic heterocycles. The molecular weight excluding hydrogens is 191 g/mol. The van der Waals surface area contributed by atoms with Crippen LogP contribution < -0.4 is 0 Å². The van der Waals surface area contributed by atoms with Crippen LogP contribution in [0, 0.1) is 17.8 Å². The van der Waals surface area contributed by atoms with Gasteiger partial charge < -0.3 is 0 Å². The van der Waals surface area contributed by atoms with Gasteiger partial charge in [-0.3, -0.25) is 0 Å². The van der Waals surface area contributed by atoms with Gasteiger partial charge in [0, 0.05) is 0 Å². The van der Waals surface area contributed by atoms with Crippen molar-refractivity contribution in [1.29, 1.82) is 0 Å². The van der Waals surface area contributed by atoms with Crippen LogP contribution in [0.4, 0.5) is 0 Å². The van der Waals surface area contributed by atoms with Crippen LogP contribution in [-0.2, 0) is 0 Å². The summed E-state index contributed by atoms with van der Waals surface area (Å²) < 4.78 is 0. The van der Waals surface area contributed by atoms with E-state index in [4.69, 9.17) is 0 Å². The Morgan fingerprint density at radius 3 is 1.81 bits per heavy atom. The van der Waals surface area contributed by atoms with Crippen LogP contribution in [0.1, 0.15) is 60.8 Å². The number of hydrogen-bond acceptors (Lipinski definition) is 0. The van der Waals surface area contributed by atoms with E-state index in [1.165, 1.54) is 31.9 Å². The lowest BCUT2D eigenvalue weighted by Crippen LogP contribution is -2.35. The van der Waals surface area contributed by atoms with Gasteiger partial charge in [-0.15, -0.1) is 0 Å². The third-order valence-corrected chi connectivity index (χ3v) is 5.31. The van der Waals surface area contributed by atoms with Gasteiger partial charge in [-0.05, 0) is 5.92 Å². The van der Waals surface area contributed by atoms with Gasteiger partial charge in [0.2, 0.25) is 0 Å². The Bertz CT molecular complexity index is 195. The van der Waals surface area contributed by atoms with Crippen molar-refractivity contribution in [1.82, 2.24) is 0 Å². The van der Waals surface area contributed by atoms with Crippen molar-refractivity contribution in [2.24, 2.45) is 17.8 Å². The Labute approximate surface area is 104 Å². The minimum Gasteiger partial charge on any atom is -0.0711 e. The molecule has 0 unspecified atom stereocenters. The molecule has 1 heteroatoms. The van der Waals surface area contributed by atoms with Crippen molar-refractivity contribution >= 4 is 6.71 Å². The lowest BCUT2D eigenvalue weighted by molar-refractivity contribution is 0.417. The Morgan fingerprint density at radius 2 is 1.44 bits per heavy atom. The van der Waals surface area contributed by atoms with Crippen molar-refractivity contribution in [2.45, 2.75) is 78.8 Å². The van der Waals surface area contributed by atoms with Crippen molar-refractivity contribution in [2.75, 3.05) is 0 Å². The molecule has 0 aliphatic carbocycles. The third-order valence-electron chi connectivity index (χ3n) is 5.31. The fourth-order valence-corrected chi connectivity index (χ4v) is 3.20. The zero-order chi connectivity index (χ0) is 12.3.